The molecule has 0 saturated carbocycles. The third-order valence-electron chi connectivity index (χ3n) is 2.91. The van der Waals surface area contributed by atoms with Crippen molar-refractivity contribution < 1.29 is 9.53 Å². The fraction of sp³-hybridized carbons (Fsp3) is 0.188. The standard InChI is InChI=1S/C16H16ClNO2/c1-11-3-8-15(20-2)12(9-11)10-16(19)18-14-6-4-13(17)5-7-14/h3-9H,10H2,1-2H3,(H,18,19). The summed E-state index contributed by atoms with van der Waals surface area (Å²) in [5.74, 6) is 0.637. The Morgan fingerprint density at radius 3 is 2.55 bits per heavy atom. The molecule has 1 amide bonds. The zero-order chi connectivity index (χ0) is 14.5. The Bertz CT molecular complexity index is 608. The molecule has 4 heteroatoms. The highest BCUT2D eigenvalue weighted by Crippen LogP contribution is 2.21. The average molecular weight is 290 g/mol. The molecule has 1 N–H and O–H groups in total. The molecular formula is C16H16ClNO2. The molecule has 0 aliphatic heterocycles. The van der Waals surface area contributed by atoms with E-state index in [0.717, 1.165) is 22.6 Å². The van der Waals surface area contributed by atoms with E-state index in [-0.39, 0.29) is 12.3 Å². The minimum absolute atomic E-state index is 0.0868. The number of methoxy groups -OCH3 is 1. The quantitative estimate of drug-likeness (QED) is 0.929. The molecule has 2 rings (SSSR count). The highest BCUT2D eigenvalue weighted by atomic mass is 35.5. The van der Waals surface area contributed by atoms with Gasteiger partial charge in [0.2, 0.25) is 5.91 Å². The summed E-state index contributed by atoms with van der Waals surface area (Å²) in [6, 6.07) is 12.8. The molecule has 0 unspecified atom stereocenters. The van der Waals surface area contributed by atoms with Crippen molar-refractivity contribution in [3.05, 3.63) is 58.6 Å². The first kappa shape index (κ1) is 14.4. The van der Waals surface area contributed by atoms with Gasteiger partial charge in [0.05, 0.1) is 13.5 Å². The van der Waals surface area contributed by atoms with Crippen LogP contribution < -0.4 is 10.1 Å². The molecule has 0 aromatic heterocycles. The van der Waals surface area contributed by atoms with Crippen LogP contribution in [0.1, 0.15) is 11.1 Å². The van der Waals surface area contributed by atoms with Crippen molar-refractivity contribution in [1.82, 2.24) is 0 Å². The Balaban J connectivity index is 2.08. The molecule has 0 radical (unpaired) electrons. The van der Waals surface area contributed by atoms with Crippen LogP contribution in [-0.4, -0.2) is 13.0 Å². The first-order chi connectivity index (χ1) is 9.58. The lowest BCUT2D eigenvalue weighted by Crippen LogP contribution is -2.15. The van der Waals surface area contributed by atoms with Crippen molar-refractivity contribution >= 4 is 23.2 Å². The van der Waals surface area contributed by atoms with Crippen molar-refractivity contribution in [2.45, 2.75) is 13.3 Å². The SMILES string of the molecule is COc1ccc(C)cc1CC(=O)Nc1ccc(Cl)cc1. The summed E-state index contributed by atoms with van der Waals surface area (Å²) in [5.41, 5.74) is 2.70. The van der Waals surface area contributed by atoms with Crippen LogP contribution in [0.3, 0.4) is 0 Å². The fourth-order valence-electron chi connectivity index (χ4n) is 1.96. The molecule has 104 valence electrons. The molecule has 0 aliphatic carbocycles. The zero-order valence-corrected chi connectivity index (χ0v) is 12.2. The first-order valence-corrected chi connectivity index (χ1v) is 6.65. The van der Waals surface area contributed by atoms with Crippen LogP contribution in [0, 0.1) is 6.92 Å². The summed E-state index contributed by atoms with van der Waals surface area (Å²) in [7, 11) is 1.60. The van der Waals surface area contributed by atoms with Gasteiger partial charge in [-0.15, -0.1) is 0 Å². The van der Waals surface area contributed by atoms with E-state index in [1.54, 1.807) is 31.4 Å². The van der Waals surface area contributed by atoms with E-state index in [4.69, 9.17) is 16.3 Å². The number of hydrogen-bond donors (Lipinski definition) is 1. The maximum absolute atomic E-state index is 12.0. The number of anilines is 1. The Morgan fingerprint density at radius 2 is 1.90 bits per heavy atom. The van der Waals surface area contributed by atoms with Crippen LogP contribution in [-0.2, 0) is 11.2 Å². The Morgan fingerprint density at radius 1 is 1.20 bits per heavy atom. The normalized spacial score (nSPS) is 10.2. The van der Waals surface area contributed by atoms with Crippen molar-refractivity contribution in [3.8, 4) is 5.75 Å². The van der Waals surface area contributed by atoms with Crippen molar-refractivity contribution in [2.24, 2.45) is 0 Å². The smallest absolute Gasteiger partial charge is 0.228 e. The third kappa shape index (κ3) is 3.75. The summed E-state index contributed by atoms with van der Waals surface area (Å²) in [4.78, 5) is 12.0. The summed E-state index contributed by atoms with van der Waals surface area (Å²) in [6.07, 6.45) is 0.271. The van der Waals surface area contributed by atoms with Crippen LogP contribution >= 0.6 is 11.6 Å². The van der Waals surface area contributed by atoms with Gasteiger partial charge in [-0.05, 0) is 37.3 Å². The average Bonchev–Trinajstić information content (AvgIpc) is 2.41. The zero-order valence-electron chi connectivity index (χ0n) is 11.4. The van der Waals surface area contributed by atoms with Crippen LogP contribution in [0.2, 0.25) is 5.02 Å². The number of benzene rings is 2. The number of amides is 1. The second-order valence-corrected chi connectivity index (χ2v) is 4.98. The first-order valence-electron chi connectivity index (χ1n) is 6.27. The highest BCUT2D eigenvalue weighted by Gasteiger charge is 2.09. The van der Waals surface area contributed by atoms with Gasteiger partial charge in [-0.2, -0.15) is 0 Å². The van der Waals surface area contributed by atoms with E-state index >= 15 is 0 Å². The highest BCUT2D eigenvalue weighted by molar-refractivity contribution is 6.30. The van der Waals surface area contributed by atoms with Gasteiger partial charge in [0.25, 0.3) is 0 Å². The van der Waals surface area contributed by atoms with Gasteiger partial charge in [-0.1, -0.05) is 29.3 Å². The van der Waals surface area contributed by atoms with Crippen LogP contribution in [0.4, 0.5) is 5.69 Å². The molecule has 0 fully saturated rings. The molecule has 2 aromatic carbocycles. The molecule has 0 atom stereocenters. The molecule has 3 nitrogen and oxygen atoms in total. The largest absolute Gasteiger partial charge is 0.496 e. The minimum Gasteiger partial charge on any atom is -0.496 e. The Hall–Kier alpha value is -2.00. The predicted molar refractivity (Wildman–Crippen MR) is 81.5 cm³/mol. The lowest BCUT2D eigenvalue weighted by Gasteiger charge is -2.10. The van der Waals surface area contributed by atoms with Gasteiger partial charge in [-0.25, -0.2) is 0 Å². The number of hydrogen-bond acceptors (Lipinski definition) is 2. The number of nitrogens with one attached hydrogen (secondary N) is 1. The molecule has 0 heterocycles. The van der Waals surface area contributed by atoms with Gasteiger partial charge >= 0.3 is 0 Å². The molecule has 2 aromatic rings. The summed E-state index contributed by atoms with van der Waals surface area (Å²) in [6.45, 7) is 1.99. The Kier molecular flexibility index (Phi) is 4.64. The molecule has 20 heavy (non-hydrogen) atoms. The monoisotopic (exact) mass is 289 g/mol. The van der Waals surface area contributed by atoms with Crippen molar-refractivity contribution in [3.63, 3.8) is 0 Å². The lowest BCUT2D eigenvalue weighted by molar-refractivity contribution is -0.115. The number of aryl methyl sites for hydroxylation is 1. The van der Waals surface area contributed by atoms with Crippen LogP contribution in [0.25, 0.3) is 0 Å². The van der Waals surface area contributed by atoms with Crippen LogP contribution in [0.15, 0.2) is 42.5 Å². The van der Waals surface area contributed by atoms with Gasteiger partial charge in [-0.3, -0.25) is 4.79 Å². The van der Waals surface area contributed by atoms with E-state index in [9.17, 15) is 4.79 Å². The van der Waals surface area contributed by atoms with E-state index < -0.39 is 0 Å². The number of ether oxygens (including phenoxy) is 1. The minimum atomic E-state index is -0.0868. The summed E-state index contributed by atoms with van der Waals surface area (Å²) < 4.78 is 5.27. The van der Waals surface area contributed by atoms with Crippen molar-refractivity contribution in [1.29, 1.82) is 0 Å². The second-order valence-electron chi connectivity index (χ2n) is 4.55. The number of carbonyl (C=O) groups is 1. The van der Waals surface area contributed by atoms with E-state index in [0.29, 0.717) is 5.02 Å². The molecule has 0 aliphatic rings. The Labute approximate surface area is 123 Å². The number of halogens is 1. The summed E-state index contributed by atoms with van der Waals surface area (Å²) >= 11 is 5.81. The van der Waals surface area contributed by atoms with Crippen LogP contribution in [0.5, 0.6) is 5.75 Å². The van der Waals surface area contributed by atoms with E-state index in [2.05, 4.69) is 5.32 Å². The number of rotatable bonds is 4. The molecule has 0 saturated heterocycles. The fourth-order valence-corrected chi connectivity index (χ4v) is 2.08. The van der Waals surface area contributed by atoms with Gasteiger partial charge in [0.15, 0.2) is 0 Å². The van der Waals surface area contributed by atoms with E-state index in [1.165, 1.54) is 0 Å². The second kappa shape index (κ2) is 6.44. The predicted octanol–water partition coefficient (Wildman–Crippen LogP) is 3.84. The molecule has 0 bridgehead atoms. The van der Waals surface area contributed by atoms with Gasteiger partial charge < -0.3 is 10.1 Å². The molecular weight excluding hydrogens is 274 g/mol. The topological polar surface area (TPSA) is 38.3 Å². The lowest BCUT2D eigenvalue weighted by atomic mass is 10.1. The van der Waals surface area contributed by atoms with E-state index in [1.807, 2.05) is 25.1 Å². The third-order valence-corrected chi connectivity index (χ3v) is 3.17. The van der Waals surface area contributed by atoms with Gasteiger partial charge in [0.1, 0.15) is 5.75 Å². The molecule has 0 spiro atoms. The van der Waals surface area contributed by atoms with Crippen molar-refractivity contribution in [2.75, 3.05) is 12.4 Å². The maximum atomic E-state index is 12.0. The maximum Gasteiger partial charge on any atom is 0.228 e. The summed E-state index contributed by atoms with van der Waals surface area (Å²) in [5, 5.41) is 3.48. The van der Waals surface area contributed by atoms with Gasteiger partial charge in [0, 0.05) is 16.3 Å². The number of carbonyl (C=O) groups excluding carboxylic acids is 1.